The number of aliphatic hydroxyl groups is 2. The van der Waals surface area contributed by atoms with Crippen LogP contribution in [0.4, 0.5) is 0 Å². The molecule has 0 saturated heterocycles. The normalized spacial score (nSPS) is 12.0. The fourth-order valence-electron chi connectivity index (χ4n) is 0.260. The molecule has 0 bridgehead atoms. The highest BCUT2D eigenvalue weighted by molar-refractivity contribution is 4.45. The van der Waals surface area contributed by atoms with E-state index >= 15 is 0 Å². The van der Waals surface area contributed by atoms with Crippen LogP contribution in [-0.2, 0) is 0 Å². The molecule has 0 aromatic carbocycles. The summed E-state index contributed by atoms with van der Waals surface area (Å²) < 4.78 is 0. The van der Waals surface area contributed by atoms with Crippen molar-refractivity contribution in [1.82, 2.24) is 5.32 Å². The van der Waals surface area contributed by atoms with Crippen molar-refractivity contribution in [3.63, 3.8) is 0 Å². The van der Waals surface area contributed by atoms with E-state index in [1.54, 1.807) is 6.92 Å². The molecule has 0 spiro atoms. The molecule has 0 amide bonds. The molecule has 4 heteroatoms. The lowest BCUT2D eigenvalue weighted by atomic mass is 10.7. The van der Waals surface area contributed by atoms with Gasteiger partial charge in [0.15, 0.2) is 0 Å². The van der Waals surface area contributed by atoms with Crippen molar-refractivity contribution in [3.05, 3.63) is 0 Å². The van der Waals surface area contributed by atoms with Gasteiger partial charge in [0.2, 0.25) is 0 Å². The first-order chi connectivity index (χ1) is 3.06. The Balaban J connectivity index is 3.15. The monoisotopic (exact) mass is 106 g/mol. The van der Waals surface area contributed by atoms with Crippen molar-refractivity contribution >= 4 is 0 Å². The lowest BCUT2D eigenvalue weighted by molar-refractivity contribution is -0.178. The van der Waals surface area contributed by atoms with Gasteiger partial charge in [0, 0.05) is 0 Å². The lowest BCUT2D eigenvalue weighted by Crippen LogP contribution is -2.53. The molecule has 7 heavy (non-hydrogen) atoms. The number of hydrogen-bond acceptors (Lipinski definition) is 4. The summed E-state index contributed by atoms with van der Waals surface area (Å²) in [5.41, 5.74) is 4.65. The van der Waals surface area contributed by atoms with Crippen LogP contribution in [0.25, 0.3) is 0 Å². The first-order valence-electron chi connectivity index (χ1n) is 2.05. The smallest absolute Gasteiger partial charge is 0.284 e. The van der Waals surface area contributed by atoms with Gasteiger partial charge in [-0.05, 0) is 6.54 Å². The minimum absolute atomic E-state index is 0.434. The summed E-state index contributed by atoms with van der Waals surface area (Å²) >= 11 is 0. The Labute approximate surface area is 41.9 Å². The van der Waals surface area contributed by atoms with E-state index in [0.29, 0.717) is 6.54 Å². The predicted molar refractivity (Wildman–Crippen MR) is 25.0 cm³/mol. The van der Waals surface area contributed by atoms with Crippen LogP contribution in [0.2, 0.25) is 0 Å². The third-order valence-electron chi connectivity index (χ3n) is 0.437. The van der Waals surface area contributed by atoms with Crippen molar-refractivity contribution in [3.8, 4) is 0 Å². The maximum atomic E-state index is 8.24. The molecule has 0 atom stereocenters. The van der Waals surface area contributed by atoms with E-state index in [0.717, 1.165) is 0 Å². The third kappa shape index (κ3) is 5.84. The zero-order valence-electron chi connectivity index (χ0n) is 4.18. The Bertz CT molecular complexity index is 49.4. The molecule has 0 unspecified atom stereocenters. The predicted octanol–water partition coefficient (Wildman–Crippen LogP) is -1.85. The van der Waals surface area contributed by atoms with Crippen molar-refractivity contribution in [2.45, 2.75) is 13.0 Å². The highest BCUT2D eigenvalue weighted by Crippen LogP contribution is 1.74. The minimum atomic E-state index is -2.20. The van der Waals surface area contributed by atoms with Gasteiger partial charge in [0.1, 0.15) is 0 Å². The summed E-state index contributed by atoms with van der Waals surface area (Å²) in [6.45, 7) is 2.15. The molecule has 5 N–H and O–H groups in total. The number of nitrogens with one attached hydrogen (secondary N) is 1. The molecule has 0 fully saturated rings. The first kappa shape index (κ1) is 6.84. The Morgan fingerprint density at radius 1 is 1.71 bits per heavy atom. The van der Waals surface area contributed by atoms with E-state index in [1.165, 1.54) is 0 Å². The Morgan fingerprint density at radius 2 is 2.14 bits per heavy atom. The van der Waals surface area contributed by atoms with Crippen molar-refractivity contribution in [2.24, 2.45) is 5.73 Å². The van der Waals surface area contributed by atoms with Gasteiger partial charge in [-0.15, -0.1) is 0 Å². The fourth-order valence-corrected chi connectivity index (χ4v) is 0.260. The second-order valence-electron chi connectivity index (χ2n) is 1.26. The summed E-state index contributed by atoms with van der Waals surface area (Å²) in [6, 6.07) is -2.20. The van der Waals surface area contributed by atoms with Crippen molar-refractivity contribution < 1.29 is 10.2 Å². The van der Waals surface area contributed by atoms with Gasteiger partial charge in [-0.2, -0.15) is 0 Å². The van der Waals surface area contributed by atoms with Gasteiger partial charge in [-0.3, -0.25) is 11.1 Å². The summed E-state index contributed by atoms with van der Waals surface area (Å²) in [7, 11) is 0. The maximum Gasteiger partial charge on any atom is 0.284 e. The van der Waals surface area contributed by atoms with Crippen LogP contribution in [0.5, 0.6) is 0 Å². The zero-order chi connectivity index (χ0) is 5.91. The summed E-state index contributed by atoms with van der Waals surface area (Å²) in [5.74, 6) is 0. The highest BCUT2D eigenvalue weighted by atomic mass is 16.5. The molecule has 0 aliphatic carbocycles. The third-order valence-corrected chi connectivity index (χ3v) is 0.437. The molecular weight excluding hydrogens is 96.0 g/mol. The van der Waals surface area contributed by atoms with Gasteiger partial charge in [0.25, 0.3) is 6.03 Å². The summed E-state index contributed by atoms with van der Waals surface area (Å²) in [6.07, 6.45) is 0. The fraction of sp³-hybridized carbons (Fsp3) is 1.00. The molecular formula is C3H10N2O2. The van der Waals surface area contributed by atoms with Crippen LogP contribution in [0.3, 0.4) is 0 Å². The largest absolute Gasteiger partial charge is 0.341 e. The molecule has 0 radical (unpaired) electrons. The quantitative estimate of drug-likeness (QED) is 0.312. The average molecular weight is 106 g/mol. The van der Waals surface area contributed by atoms with E-state index in [-0.39, 0.29) is 0 Å². The van der Waals surface area contributed by atoms with Gasteiger partial charge in [-0.25, -0.2) is 0 Å². The molecule has 0 heterocycles. The van der Waals surface area contributed by atoms with E-state index in [4.69, 9.17) is 10.2 Å². The van der Waals surface area contributed by atoms with Crippen molar-refractivity contribution in [1.29, 1.82) is 0 Å². The van der Waals surface area contributed by atoms with Gasteiger partial charge >= 0.3 is 0 Å². The first-order valence-corrected chi connectivity index (χ1v) is 2.05. The molecule has 0 aromatic rings. The molecule has 0 aliphatic heterocycles. The van der Waals surface area contributed by atoms with Gasteiger partial charge < -0.3 is 10.2 Å². The van der Waals surface area contributed by atoms with E-state index in [9.17, 15) is 0 Å². The number of rotatable bonds is 2. The van der Waals surface area contributed by atoms with Crippen LogP contribution in [0, 0.1) is 0 Å². The SMILES string of the molecule is CCNC(N)(O)O. The second-order valence-corrected chi connectivity index (χ2v) is 1.26. The summed E-state index contributed by atoms with van der Waals surface area (Å²) in [4.78, 5) is 0. The molecule has 0 rings (SSSR count). The lowest BCUT2D eigenvalue weighted by Gasteiger charge is -2.14. The minimum Gasteiger partial charge on any atom is -0.341 e. The van der Waals surface area contributed by atoms with Crippen LogP contribution < -0.4 is 11.1 Å². The second kappa shape index (κ2) is 2.23. The summed E-state index contributed by atoms with van der Waals surface area (Å²) in [5, 5.41) is 18.7. The average Bonchev–Trinajstić information content (AvgIpc) is 1.30. The zero-order valence-corrected chi connectivity index (χ0v) is 4.18. The van der Waals surface area contributed by atoms with E-state index in [1.807, 2.05) is 0 Å². The Morgan fingerprint density at radius 3 is 2.14 bits per heavy atom. The molecule has 0 saturated carbocycles. The Hall–Kier alpha value is -0.160. The van der Waals surface area contributed by atoms with Gasteiger partial charge in [0.05, 0.1) is 0 Å². The van der Waals surface area contributed by atoms with Crippen molar-refractivity contribution in [2.75, 3.05) is 6.54 Å². The molecule has 44 valence electrons. The molecule has 0 aromatic heterocycles. The topological polar surface area (TPSA) is 78.5 Å². The number of hydrogen-bond donors (Lipinski definition) is 4. The molecule has 0 aliphatic rings. The standard InChI is InChI=1S/C3H10N2O2/c1-2-5-3(4,6)7/h5-7H,2,4H2,1H3. The van der Waals surface area contributed by atoms with Crippen LogP contribution >= 0.6 is 0 Å². The van der Waals surface area contributed by atoms with Crippen LogP contribution in [0.1, 0.15) is 6.92 Å². The Kier molecular flexibility index (Phi) is 2.17. The van der Waals surface area contributed by atoms with E-state index in [2.05, 4.69) is 11.1 Å². The maximum absolute atomic E-state index is 8.24. The van der Waals surface area contributed by atoms with Gasteiger partial charge in [-0.1, -0.05) is 6.92 Å². The van der Waals surface area contributed by atoms with Crippen LogP contribution in [0.15, 0.2) is 0 Å². The number of nitrogens with two attached hydrogens (primary N) is 1. The molecule has 4 nitrogen and oxygen atoms in total. The van der Waals surface area contributed by atoms with E-state index < -0.39 is 6.03 Å². The van der Waals surface area contributed by atoms with Crippen LogP contribution in [-0.4, -0.2) is 22.8 Å². The highest BCUT2D eigenvalue weighted by Gasteiger charge is 2.10.